The smallest absolute Gasteiger partial charge is 0.340 e. The lowest BCUT2D eigenvalue weighted by Crippen LogP contribution is -2.72. The van der Waals surface area contributed by atoms with Gasteiger partial charge in [-0.2, -0.15) is 20.7 Å². The van der Waals surface area contributed by atoms with Crippen LogP contribution in [0.3, 0.4) is 0 Å². The number of hydrogen-bond acceptors (Lipinski definition) is 10. The molecule has 1 spiro atoms. The van der Waals surface area contributed by atoms with E-state index in [2.05, 4.69) is 20.4 Å². The molecule has 4 aromatic rings. The molecular weight excluding hydrogens is 659 g/mol. The number of nitrogens with one attached hydrogen (secondary N) is 1. The zero-order valence-corrected chi connectivity index (χ0v) is 26.6. The van der Waals surface area contributed by atoms with E-state index in [9.17, 15) is 14.4 Å². The first kappa shape index (κ1) is 29.4. The van der Waals surface area contributed by atoms with Crippen LogP contribution in [-0.2, 0) is 0 Å². The summed E-state index contributed by atoms with van der Waals surface area (Å²) in [6, 6.07) is 6.02. The summed E-state index contributed by atoms with van der Waals surface area (Å²) in [5, 5.41) is 11.8. The highest BCUT2D eigenvalue weighted by Gasteiger charge is 2.61. The van der Waals surface area contributed by atoms with Gasteiger partial charge in [0.15, 0.2) is 11.4 Å². The maximum atomic E-state index is 16.7. The minimum Gasteiger partial charge on any atom is -0.467 e. The van der Waals surface area contributed by atoms with Gasteiger partial charge in [0.2, 0.25) is 0 Å². The number of likely N-dealkylation sites (tertiary alicyclic amines) is 1. The van der Waals surface area contributed by atoms with E-state index < -0.39 is 22.8 Å². The number of thiophene rings is 1. The van der Waals surface area contributed by atoms with Crippen LogP contribution in [0.25, 0.3) is 32.1 Å². The fourth-order valence-corrected chi connectivity index (χ4v) is 8.60. The zero-order valence-electron chi connectivity index (χ0n) is 24.2. The van der Waals surface area contributed by atoms with Crippen molar-refractivity contribution in [3.63, 3.8) is 0 Å². The third-order valence-electron chi connectivity index (χ3n) is 9.42. The molecule has 2 unspecified atom stereocenters. The molecule has 0 radical (unpaired) electrons. The Kier molecular flexibility index (Phi) is 6.70. The van der Waals surface area contributed by atoms with Crippen molar-refractivity contribution in [3.8, 4) is 23.2 Å². The van der Waals surface area contributed by atoms with Gasteiger partial charge in [0, 0.05) is 35.5 Å². The molecule has 0 bridgehead atoms. The second-order valence-electron chi connectivity index (χ2n) is 12.0. The summed E-state index contributed by atoms with van der Waals surface area (Å²) in [5.41, 5.74) is 7.88. The fourth-order valence-electron chi connectivity index (χ4n) is 7.20. The lowest BCUT2D eigenvalue weighted by atomic mass is 9.75. The molecule has 3 atom stereocenters. The maximum absolute atomic E-state index is 16.7. The topological polar surface area (TPSA) is 136 Å². The highest BCUT2D eigenvalue weighted by atomic mass is 35.5. The Balaban J connectivity index is 1.21. The molecule has 46 heavy (non-hydrogen) atoms. The molecule has 5 heterocycles. The number of carbonyl (C=O) groups is 1. The number of rotatable bonds is 4. The van der Waals surface area contributed by atoms with Gasteiger partial charge in [-0.25, -0.2) is 23.6 Å². The number of nitrogens with zero attached hydrogens (tertiary/aromatic N) is 7. The molecule has 2 amide bonds. The number of carbonyl (C=O) groups excluding carboxylic acids is 1. The Hall–Kier alpha value is -4.03. The van der Waals surface area contributed by atoms with E-state index in [1.165, 1.54) is 30.6 Å². The second kappa shape index (κ2) is 10.5. The van der Waals surface area contributed by atoms with Crippen molar-refractivity contribution in [1.82, 2.24) is 25.3 Å². The van der Waals surface area contributed by atoms with Crippen molar-refractivity contribution >= 4 is 78.7 Å². The quantitative estimate of drug-likeness (QED) is 0.203. The molecule has 2 saturated heterocycles. The number of benzene rings is 2. The molecule has 1 saturated carbocycles. The van der Waals surface area contributed by atoms with Gasteiger partial charge in [0.25, 0.3) is 0 Å². The Bertz CT molecular complexity index is 2050. The van der Waals surface area contributed by atoms with Crippen LogP contribution >= 0.6 is 34.5 Å². The molecule has 2 aromatic carbocycles. The highest BCUT2D eigenvalue weighted by Crippen LogP contribution is 2.53. The highest BCUT2D eigenvalue weighted by molar-refractivity contribution is 7.23. The number of methoxy groups -OCH3 is 1. The number of urea groups is 1. The van der Waals surface area contributed by atoms with Crippen molar-refractivity contribution in [2.75, 3.05) is 30.8 Å². The normalized spacial score (nSPS) is 24.0. The summed E-state index contributed by atoms with van der Waals surface area (Å²) >= 11 is 13.8. The van der Waals surface area contributed by atoms with Crippen LogP contribution in [-0.4, -0.2) is 69.7 Å². The minimum atomic E-state index is -0.774. The summed E-state index contributed by atoms with van der Waals surface area (Å²) < 4.78 is 37.0. The van der Waals surface area contributed by atoms with Crippen molar-refractivity contribution in [1.29, 1.82) is 5.26 Å². The van der Waals surface area contributed by atoms with Crippen molar-refractivity contribution in [2.45, 2.75) is 42.9 Å². The molecule has 11 nitrogen and oxygen atoms in total. The molecular formula is C30H25Cl2F2N9O2S. The largest absolute Gasteiger partial charge is 0.467 e. The first-order chi connectivity index (χ1) is 22.1. The predicted octanol–water partition coefficient (Wildman–Crippen LogP) is 5.83. The van der Waals surface area contributed by atoms with E-state index in [0.717, 1.165) is 30.6 Å². The van der Waals surface area contributed by atoms with E-state index in [1.807, 2.05) is 15.9 Å². The summed E-state index contributed by atoms with van der Waals surface area (Å²) in [7, 11) is 1.39. The lowest BCUT2D eigenvalue weighted by Gasteiger charge is -2.57. The lowest BCUT2D eigenvalue weighted by molar-refractivity contribution is -0.0389. The molecule has 3 aliphatic heterocycles. The molecule has 16 heteroatoms. The Labute approximate surface area is 275 Å². The van der Waals surface area contributed by atoms with Crippen LogP contribution in [0.4, 0.5) is 24.4 Å². The van der Waals surface area contributed by atoms with Crippen LogP contribution < -0.4 is 20.8 Å². The van der Waals surface area contributed by atoms with Crippen molar-refractivity contribution in [3.05, 3.63) is 40.4 Å². The molecule has 3 N–H and O–H groups in total. The number of amides is 2. The SMILES string of the molecule is COc1nc(N2CC[C@@]3(CC(C4CC4)N3C(=O)N3C=NC(Cl)N3)C2)c2cc(Cl)c(-c3ccc(F)c4sc(N)c(C#N)c34)c(F)c2n1. The number of hydrogen-bond donors (Lipinski definition) is 2. The van der Waals surface area contributed by atoms with Crippen LogP contribution in [0.1, 0.15) is 31.2 Å². The number of halogens is 4. The number of nitriles is 1. The number of fused-ring (bicyclic) bond motifs is 2. The number of alkyl halides is 1. The van der Waals surface area contributed by atoms with Crippen LogP contribution in [0, 0.1) is 28.9 Å². The van der Waals surface area contributed by atoms with E-state index >= 15 is 4.39 Å². The third-order valence-corrected chi connectivity index (χ3v) is 11.0. The number of nitrogen functional groups attached to an aromatic ring is 1. The van der Waals surface area contributed by atoms with Crippen LogP contribution in [0.2, 0.25) is 5.02 Å². The monoisotopic (exact) mass is 683 g/mol. The molecule has 8 rings (SSSR count). The summed E-state index contributed by atoms with van der Waals surface area (Å²) in [6.07, 6.45) is 5.07. The molecule has 236 valence electrons. The Morgan fingerprint density at radius 1 is 1.30 bits per heavy atom. The minimum absolute atomic E-state index is 0.0276. The van der Waals surface area contributed by atoms with Gasteiger partial charge in [0.05, 0.1) is 27.9 Å². The van der Waals surface area contributed by atoms with Gasteiger partial charge in [-0.3, -0.25) is 0 Å². The van der Waals surface area contributed by atoms with E-state index in [-0.39, 0.29) is 60.4 Å². The standard InChI is InChI=1S/C30H25Cl2F2N9O2S/c1-45-28-38-23-15(8-17(31)21(22(23)34)14-4-5-18(33)24-20(14)16(10-35)25(36)46-24)26(39-28)41-7-6-30(11-41)9-19(13-2-3-13)43(30)29(44)42-12-37-27(32)40-42/h4-5,8,12-13,19,27,40H,2-3,6-7,9,11,36H2,1H3/t19?,27?,30-/m1/s1. The predicted molar refractivity (Wildman–Crippen MR) is 172 cm³/mol. The molecule has 1 aliphatic carbocycles. The van der Waals surface area contributed by atoms with E-state index in [0.29, 0.717) is 36.6 Å². The third kappa shape index (κ3) is 4.29. The fraction of sp³-hybridized carbons (Fsp3) is 0.367. The maximum Gasteiger partial charge on any atom is 0.340 e. The second-order valence-corrected chi connectivity index (χ2v) is 13.9. The van der Waals surface area contributed by atoms with Gasteiger partial charge < -0.3 is 20.3 Å². The van der Waals surface area contributed by atoms with Gasteiger partial charge in [-0.15, -0.1) is 11.3 Å². The Morgan fingerprint density at radius 2 is 2.11 bits per heavy atom. The summed E-state index contributed by atoms with van der Waals surface area (Å²) in [5.74, 6) is -0.480. The molecule has 3 fully saturated rings. The molecule has 2 aromatic heterocycles. The zero-order chi connectivity index (χ0) is 32.1. The number of nitrogens with two attached hydrogens (primary N) is 1. The Morgan fingerprint density at radius 3 is 2.80 bits per heavy atom. The van der Waals surface area contributed by atoms with Crippen LogP contribution in [0.15, 0.2) is 23.2 Å². The van der Waals surface area contributed by atoms with Crippen LogP contribution in [0.5, 0.6) is 6.01 Å². The van der Waals surface area contributed by atoms with Gasteiger partial charge in [-0.05, 0) is 49.3 Å². The summed E-state index contributed by atoms with van der Waals surface area (Å²) in [6.45, 7) is 0.987. The first-order valence-corrected chi connectivity index (χ1v) is 16.2. The van der Waals surface area contributed by atoms with E-state index in [4.69, 9.17) is 33.7 Å². The number of aromatic nitrogens is 2. The van der Waals surface area contributed by atoms with Gasteiger partial charge >= 0.3 is 12.0 Å². The first-order valence-electron chi connectivity index (χ1n) is 14.6. The van der Waals surface area contributed by atoms with E-state index in [1.54, 1.807) is 6.07 Å². The van der Waals surface area contributed by atoms with Gasteiger partial charge in [-0.1, -0.05) is 29.3 Å². The van der Waals surface area contributed by atoms with Crippen molar-refractivity contribution < 1.29 is 18.3 Å². The van der Waals surface area contributed by atoms with Gasteiger partial charge in [0.1, 0.15) is 34.6 Å². The number of hydrazine groups is 1. The number of anilines is 2. The summed E-state index contributed by atoms with van der Waals surface area (Å²) in [4.78, 5) is 30.7. The average molecular weight is 685 g/mol. The van der Waals surface area contributed by atoms with Crippen molar-refractivity contribution in [2.24, 2.45) is 10.9 Å². The average Bonchev–Trinajstić information content (AvgIpc) is 3.43. The number of aliphatic imine (C=N–C) groups is 1. The molecule has 4 aliphatic rings. The number of ether oxygens (including phenoxy) is 1.